The molecule has 3 aromatic carbocycles. The number of nitrogen functional groups attached to an aromatic ring is 1. The van der Waals surface area contributed by atoms with Crippen LogP contribution in [0.15, 0.2) is 96.1 Å². The number of quaternary nitrogens is 1. The van der Waals surface area contributed by atoms with Gasteiger partial charge >= 0.3 is 5.69 Å². The number of carbonyl (C=O) groups excluding carboxylic acids is 1. The van der Waals surface area contributed by atoms with E-state index < -0.39 is 5.69 Å². The molecule has 2 heterocycles. The third kappa shape index (κ3) is 6.08. The normalized spacial score (nSPS) is 14.3. The van der Waals surface area contributed by atoms with E-state index in [1.165, 1.54) is 33.5 Å². The summed E-state index contributed by atoms with van der Waals surface area (Å²) in [5, 5.41) is 12.6. The Morgan fingerprint density at radius 3 is 2.54 bits per heavy atom. The third-order valence-corrected chi connectivity index (χ3v) is 8.15. The van der Waals surface area contributed by atoms with Gasteiger partial charge in [0, 0.05) is 37.7 Å². The summed E-state index contributed by atoms with van der Waals surface area (Å²) in [5.41, 5.74) is 8.98. The summed E-state index contributed by atoms with van der Waals surface area (Å²) in [7, 11) is 4.80. The number of likely N-dealkylation sites (N-methyl/N-ethyl adjacent to an activating group) is 2. The Hall–Kier alpha value is -5.46. The lowest BCUT2D eigenvalue weighted by atomic mass is 10.2. The summed E-state index contributed by atoms with van der Waals surface area (Å²) in [6.07, 6.45) is 6.17. The number of nitrogens with zero attached hydrogens (tertiary/aromatic N) is 6. The van der Waals surface area contributed by atoms with Crippen molar-refractivity contribution in [2.24, 2.45) is 0 Å². The van der Waals surface area contributed by atoms with Gasteiger partial charge in [-0.15, -0.1) is 0 Å². The quantitative estimate of drug-likeness (QED) is 0.130. The molecule has 1 atom stereocenters. The van der Waals surface area contributed by atoms with Crippen molar-refractivity contribution in [1.82, 2.24) is 19.1 Å². The fourth-order valence-electron chi connectivity index (χ4n) is 5.38. The van der Waals surface area contributed by atoms with Gasteiger partial charge in [0.2, 0.25) is 0 Å². The molecule has 2 aromatic heterocycles. The van der Waals surface area contributed by atoms with Crippen molar-refractivity contribution in [2.45, 2.75) is 25.5 Å². The largest absolute Gasteiger partial charge is 0.633 e. The molecule has 0 radical (unpaired) electrons. The maximum atomic E-state index is 14.2. The van der Waals surface area contributed by atoms with E-state index in [0.717, 1.165) is 18.4 Å². The van der Waals surface area contributed by atoms with E-state index in [9.17, 15) is 14.8 Å². The van der Waals surface area contributed by atoms with Gasteiger partial charge < -0.3 is 30.0 Å². The molecule has 0 saturated heterocycles. The van der Waals surface area contributed by atoms with Crippen LogP contribution in [0.25, 0.3) is 22.5 Å². The molecule has 5 aromatic rings. The molecule has 1 amide bonds. The highest BCUT2D eigenvalue weighted by atomic mass is 16.5. The topological polar surface area (TPSA) is 141 Å². The van der Waals surface area contributed by atoms with Crippen molar-refractivity contribution in [3.05, 3.63) is 113 Å². The van der Waals surface area contributed by atoms with Crippen LogP contribution in [0, 0.1) is 5.21 Å². The van der Waals surface area contributed by atoms with Crippen molar-refractivity contribution in [3.63, 3.8) is 0 Å². The number of rotatable bonds is 11. The van der Waals surface area contributed by atoms with Gasteiger partial charge in [0.25, 0.3) is 5.91 Å². The summed E-state index contributed by atoms with van der Waals surface area (Å²) in [6, 6.07) is 22.0. The number of imidazole rings is 1. The van der Waals surface area contributed by atoms with Gasteiger partial charge in [-0.25, -0.2) is 19.3 Å². The molecule has 6 rings (SSSR count). The minimum atomic E-state index is -0.444. The molecular formula is C34H35N7O5. The first-order chi connectivity index (χ1) is 22.2. The van der Waals surface area contributed by atoms with Gasteiger partial charge in [-0.3, -0.25) is 9.36 Å². The van der Waals surface area contributed by atoms with Crippen LogP contribution in [-0.2, 0) is 11.4 Å². The summed E-state index contributed by atoms with van der Waals surface area (Å²) < 4.78 is 14.1. The van der Waals surface area contributed by atoms with Gasteiger partial charge in [0.05, 0.1) is 38.1 Å². The van der Waals surface area contributed by atoms with Crippen LogP contribution in [-0.4, -0.2) is 63.4 Å². The molecule has 1 aliphatic rings. The molecule has 46 heavy (non-hydrogen) atoms. The lowest BCUT2D eigenvalue weighted by molar-refractivity contribution is -0.865. The average Bonchev–Trinajstić information content (AvgIpc) is 3.88. The Kier molecular flexibility index (Phi) is 8.31. The molecule has 0 spiro atoms. The van der Waals surface area contributed by atoms with Gasteiger partial charge in [-0.1, -0.05) is 36.4 Å². The monoisotopic (exact) mass is 621 g/mol. The first-order valence-corrected chi connectivity index (χ1v) is 14.9. The fourth-order valence-corrected chi connectivity index (χ4v) is 5.38. The number of carbonyl (C=O) groups is 1. The highest BCUT2D eigenvalue weighted by molar-refractivity contribution is 6.01. The van der Waals surface area contributed by atoms with E-state index in [4.69, 9.17) is 15.2 Å². The molecule has 2 N–H and O–H groups in total. The van der Waals surface area contributed by atoms with E-state index in [-0.39, 0.29) is 29.0 Å². The number of amides is 1. The van der Waals surface area contributed by atoms with Crippen LogP contribution >= 0.6 is 0 Å². The maximum Gasteiger partial charge on any atom is 0.339 e. The number of hydroxylamine groups is 3. The number of ether oxygens (including phenoxy) is 2. The second-order valence-corrected chi connectivity index (χ2v) is 11.4. The van der Waals surface area contributed by atoms with Gasteiger partial charge in [0.15, 0.2) is 23.0 Å². The number of benzene rings is 3. The molecule has 12 heteroatoms. The lowest BCUT2D eigenvalue weighted by Crippen LogP contribution is -2.40. The SMILES string of the molecule is COc1cc(-n2c(=O)n(-c3cccc(N(C)C(=O)C=CC[N+](C)([O-])C4CC4)c3)c3ncnc(N)c32)ccc1OCc1ccccc1. The molecule has 0 aliphatic heterocycles. The number of nitrogens with two attached hydrogens (primary N) is 1. The zero-order valence-electron chi connectivity index (χ0n) is 25.9. The third-order valence-electron chi connectivity index (χ3n) is 8.15. The number of aromatic nitrogens is 4. The Labute approximate surface area is 265 Å². The molecule has 1 aliphatic carbocycles. The predicted molar refractivity (Wildman–Crippen MR) is 176 cm³/mol. The molecule has 0 bridgehead atoms. The molecule has 1 unspecified atom stereocenters. The summed E-state index contributed by atoms with van der Waals surface area (Å²) in [5.74, 6) is 0.765. The zero-order valence-corrected chi connectivity index (χ0v) is 25.9. The van der Waals surface area contributed by atoms with E-state index in [1.54, 1.807) is 62.6 Å². The highest BCUT2D eigenvalue weighted by Gasteiger charge is 2.34. The number of anilines is 2. The number of methoxy groups -OCH3 is 1. The summed E-state index contributed by atoms with van der Waals surface area (Å²) in [4.78, 5) is 37.2. The van der Waals surface area contributed by atoms with Crippen LogP contribution in [0.3, 0.4) is 0 Å². The zero-order chi connectivity index (χ0) is 32.4. The van der Waals surface area contributed by atoms with Crippen molar-refractivity contribution >= 4 is 28.6 Å². The molecule has 1 fully saturated rings. The second kappa shape index (κ2) is 12.5. The molecular weight excluding hydrogens is 586 g/mol. The van der Waals surface area contributed by atoms with Crippen LogP contribution in [0.5, 0.6) is 11.5 Å². The lowest BCUT2D eigenvalue weighted by Gasteiger charge is -2.38. The minimum Gasteiger partial charge on any atom is -0.633 e. The van der Waals surface area contributed by atoms with Crippen LogP contribution in [0.2, 0.25) is 0 Å². The van der Waals surface area contributed by atoms with Crippen LogP contribution in [0.4, 0.5) is 11.5 Å². The van der Waals surface area contributed by atoms with Crippen LogP contribution in [0.1, 0.15) is 18.4 Å². The van der Waals surface area contributed by atoms with Gasteiger partial charge in [-0.05, 0) is 42.0 Å². The van der Waals surface area contributed by atoms with Gasteiger partial charge in [-0.2, -0.15) is 0 Å². The smallest absolute Gasteiger partial charge is 0.339 e. The summed E-state index contributed by atoms with van der Waals surface area (Å²) in [6.45, 7) is 0.572. The van der Waals surface area contributed by atoms with Gasteiger partial charge in [0.1, 0.15) is 18.5 Å². The number of hydrogen-bond acceptors (Lipinski definition) is 8. The van der Waals surface area contributed by atoms with E-state index in [0.29, 0.717) is 46.3 Å². The minimum absolute atomic E-state index is 0.111. The Morgan fingerprint density at radius 2 is 1.80 bits per heavy atom. The molecule has 1 saturated carbocycles. The van der Waals surface area contributed by atoms with Crippen molar-refractivity contribution in [1.29, 1.82) is 0 Å². The predicted octanol–water partition coefficient (Wildman–Crippen LogP) is 4.37. The van der Waals surface area contributed by atoms with Crippen molar-refractivity contribution in [2.75, 3.05) is 38.4 Å². The molecule has 236 valence electrons. The fraction of sp³-hybridized carbons (Fsp3) is 0.235. The second-order valence-electron chi connectivity index (χ2n) is 11.4. The number of fused-ring (bicyclic) bond motifs is 1. The van der Waals surface area contributed by atoms with Crippen molar-refractivity contribution < 1.29 is 18.9 Å². The maximum absolute atomic E-state index is 14.2. The highest BCUT2D eigenvalue weighted by Crippen LogP contribution is 2.33. The summed E-state index contributed by atoms with van der Waals surface area (Å²) >= 11 is 0. The first kappa shape index (κ1) is 30.6. The number of hydrogen-bond donors (Lipinski definition) is 1. The Morgan fingerprint density at radius 1 is 1.04 bits per heavy atom. The first-order valence-electron chi connectivity index (χ1n) is 14.9. The standard InChI is InChI=1S/C34H35N7O5/c1-38(30(42)13-8-18-41(2,44)27-15-16-27)24-11-7-12-25(19-24)40-33-31(32(35)36-22-37-33)39(34(40)43)26-14-17-28(29(20-26)45-3)46-21-23-9-5-4-6-10-23/h4-14,17,19-20,22,27H,15-16,18,21H2,1-3H3,(H2,35,36,37). The van der Waals surface area contributed by atoms with Crippen LogP contribution < -0.4 is 25.8 Å². The average molecular weight is 622 g/mol. The van der Waals surface area contributed by atoms with Crippen molar-refractivity contribution in [3.8, 4) is 22.9 Å². The molecule has 12 nitrogen and oxygen atoms in total. The van der Waals surface area contributed by atoms with E-state index >= 15 is 0 Å². The Balaban J connectivity index is 1.33. The Bertz CT molecular complexity index is 1980. The van der Waals surface area contributed by atoms with E-state index in [2.05, 4.69) is 9.97 Å². The van der Waals surface area contributed by atoms with E-state index in [1.807, 2.05) is 30.3 Å².